The van der Waals surface area contributed by atoms with E-state index >= 15 is 0 Å². The predicted molar refractivity (Wildman–Crippen MR) is 78.2 cm³/mol. The molecule has 3 nitrogen and oxygen atoms in total. The van der Waals surface area contributed by atoms with Crippen molar-refractivity contribution in [1.29, 1.82) is 0 Å². The first kappa shape index (κ1) is 13.4. The summed E-state index contributed by atoms with van der Waals surface area (Å²) in [6, 6.07) is 12.8. The van der Waals surface area contributed by atoms with Gasteiger partial charge in [-0.25, -0.2) is 0 Å². The Kier molecular flexibility index (Phi) is 4.07. The predicted octanol–water partition coefficient (Wildman–Crippen LogP) is 3.16. The van der Waals surface area contributed by atoms with Gasteiger partial charge < -0.3 is 11.1 Å². The van der Waals surface area contributed by atoms with Crippen LogP contribution in [0.2, 0.25) is 5.02 Å². The molecule has 2 aromatic rings. The molecular weight excluding hydrogens is 260 g/mol. The van der Waals surface area contributed by atoms with Crippen molar-refractivity contribution in [3.05, 3.63) is 64.2 Å². The van der Waals surface area contributed by atoms with Gasteiger partial charge in [0, 0.05) is 22.8 Å². The summed E-state index contributed by atoms with van der Waals surface area (Å²) in [7, 11) is 0. The number of halogens is 1. The first-order valence-electron chi connectivity index (χ1n) is 5.94. The summed E-state index contributed by atoms with van der Waals surface area (Å²) in [5, 5.41) is 3.29. The lowest BCUT2D eigenvalue weighted by Crippen LogP contribution is -2.22. The SMILES string of the molecule is Cc1ccc(CNC(=O)c2cc(N)cc(Cl)c2)cc1. The van der Waals surface area contributed by atoms with Crippen LogP contribution in [0.5, 0.6) is 0 Å². The number of aryl methyl sites for hydroxylation is 1. The first-order valence-corrected chi connectivity index (χ1v) is 6.32. The van der Waals surface area contributed by atoms with E-state index in [1.54, 1.807) is 18.2 Å². The minimum atomic E-state index is -0.185. The van der Waals surface area contributed by atoms with Gasteiger partial charge in [-0.3, -0.25) is 4.79 Å². The van der Waals surface area contributed by atoms with Crippen LogP contribution in [0, 0.1) is 6.92 Å². The molecule has 0 bridgehead atoms. The van der Waals surface area contributed by atoms with Crippen LogP contribution >= 0.6 is 11.6 Å². The number of hydrogen-bond donors (Lipinski definition) is 2. The molecule has 2 rings (SSSR count). The molecular formula is C15H15ClN2O. The molecule has 3 N–H and O–H groups in total. The summed E-state index contributed by atoms with van der Waals surface area (Å²) in [5.41, 5.74) is 8.85. The molecule has 0 fully saturated rings. The monoisotopic (exact) mass is 274 g/mol. The Labute approximate surface area is 117 Å². The number of nitrogen functional groups attached to an aromatic ring is 1. The van der Waals surface area contributed by atoms with Gasteiger partial charge in [0.15, 0.2) is 0 Å². The molecule has 0 aliphatic carbocycles. The van der Waals surface area contributed by atoms with Gasteiger partial charge >= 0.3 is 0 Å². The lowest BCUT2D eigenvalue weighted by Gasteiger charge is -2.07. The lowest BCUT2D eigenvalue weighted by atomic mass is 10.1. The van der Waals surface area contributed by atoms with Gasteiger partial charge in [0.1, 0.15) is 0 Å². The Hall–Kier alpha value is -2.00. The van der Waals surface area contributed by atoms with Gasteiger partial charge in [-0.1, -0.05) is 41.4 Å². The summed E-state index contributed by atoms with van der Waals surface area (Å²) in [4.78, 5) is 12.0. The molecule has 1 amide bonds. The van der Waals surface area contributed by atoms with Crippen molar-refractivity contribution < 1.29 is 4.79 Å². The van der Waals surface area contributed by atoms with Crippen molar-refractivity contribution in [2.45, 2.75) is 13.5 Å². The van der Waals surface area contributed by atoms with E-state index in [1.165, 1.54) is 5.56 Å². The van der Waals surface area contributed by atoms with Crippen LogP contribution in [0.3, 0.4) is 0 Å². The Morgan fingerprint density at radius 2 is 1.89 bits per heavy atom. The number of nitrogens with two attached hydrogens (primary N) is 1. The number of carbonyl (C=O) groups is 1. The number of hydrogen-bond acceptors (Lipinski definition) is 2. The van der Waals surface area contributed by atoms with Crippen molar-refractivity contribution in [3.8, 4) is 0 Å². The number of anilines is 1. The number of amides is 1. The fourth-order valence-electron chi connectivity index (χ4n) is 1.73. The summed E-state index contributed by atoms with van der Waals surface area (Å²) in [5.74, 6) is -0.185. The molecule has 0 saturated heterocycles. The van der Waals surface area contributed by atoms with Crippen LogP contribution in [0.1, 0.15) is 21.5 Å². The topological polar surface area (TPSA) is 55.1 Å². The largest absolute Gasteiger partial charge is 0.399 e. The summed E-state index contributed by atoms with van der Waals surface area (Å²) < 4.78 is 0. The summed E-state index contributed by atoms with van der Waals surface area (Å²) in [6.45, 7) is 2.50. The van der Waals surface area contributed by atoms with Gasteiger partial charge in [0.05, 0.1) is 0 Å². The maximum absolute atomic E-state index is 12.0. The maximum atomic E-state index is 12.0. The van der Waals surface area contributed by atoms with E-state index < -0.39 is 0 Å². The van der Waals surface area contributed by atoms with E-state index in [0.29, 0.717) is 22.8 Å². The highest BCUT2D eigenvalue weighted by Gasteiger charge is 2.07. The normalized spacial score (nSPS) is 10.2. The molecule has 19 heavy (non-hydrogen) atoms. The molecule has 0 aliphatic rings. The molecule has 0 aromatic heterocycles. The van der Waals surface area contributed by atoms with Crippen molar-refractivity contribution in [2.24, 2.45) is 0 Å². The number of rotatable bonds is 3. The van der Waals surface area contributed by atoms with Crippen molar-refractivity contribution in [3.63, 3.8) is 0 Å². The molecule has 98 valence electrons. The number of benzene rings is 2. The Morgan fingerprint density at radius 1 is 1.21 bits per heavy atom. The third-order valence-corrected chi connectivity index (χ3v) is 2.97. The molecule has 2 aromatic carbocycles. The molecule has 0 heterocycles. The van der Waals surface area contributed by atoms with Gasteiger partial charge in [0.25, 0.3) is 5.91 Å². The highest BCUT2D eigenvalue weighted by molar-refractivity contribution is 6.31. The molecule has 0 unspecified atom stereocenters. The Morgan fingerprint density at radius 3 is 2.53 bits per heavy atom. The van der Waals surface area contributed by atoms with Crippen molar-refractivity contribution >= 4 is 23.2 Å². The van der Waals surface area contributed by atoms with E-state index in [1.807, 2.05) is 31.2 Å². The Bertz CT molecular complexity index is 573. The van der Waals surface area contributed by atoms with Crippen LogP contribution in [-0.4, -0.2) is 5.91 Å². The molecule has 0 radical (unpaired) electrons. The minimum absolute atomic E-state index is 0.185. The van der Waals surface area contributed by atoms with Gasteiger partial charge in [-0.15, -0.1) is 0 Å². The molecule has 0 atom stereocenters. The zero-order chi connectivity index (χ0) is 13.8. The Balaban J connectivity index is 2.03. The van der Waals surface area contributed by atoms with E-state index in [9.17, 15) is 4.79 Å². The smallest absolute Gasteiger partial charge is 0.251 e. The van der Waals surface area contributed by atoms with E-state index in [2.05, 4.69) is 5.32 Å². The van der Waals surface area contributed by atoms with E-state index in [4.69, 9.17) is 17.3 Å². The highest BCUT2D eigenvalue weighted by Crippen LogP contribution is 2.16. The third kappa shape index (κ3) is 3.73. The maximum Gasteiger partial charge on any atom is 0.251 e. The van der Waals surface area contributed by atoms with E-state index in [-0.39, 0.29) is 5.91 Å². The van der Waals surface area contributed by atoms with Crippen LogP contribution < -0.4 is 11.1 Å². The van der Waals surface area contributed by atoms with Crippen LogP contribution in [0.25, 0.3) is 0 Å². The number of nitrogens with one attached hydrogen (secondary N) is 1. The van der Waals surface area contributed by atoms with E-state index in [0.717, 1.165) is 5.56 Å². The van der Waals surface area contributed by atoms with Crippen molar-refractivity contribution in [1.82, 2.24) is 5.32 Å². The zero-order valence-electron chi connectivity index (χ0n) is 10.6. The average Bonchev–Trinajstić information content (AvgIpc) is 2.36. The average molecular weight is 275 g/mol. The summed E-state index contributed by atoms with van der Waals surface area (Å²) in [6.07, 6.45) is 0. The summed E-state index contributed by atoms with van der Waals surface area (Å²) >= 11 is 5.87. The number of carbonyl (C=O) groups excluding carboxylic acids is 1. The second-order valence-corrected chi connectivity index (χ2v) is 4.88. The quantitative estimate of drug-likeness (QED) is 0.845. The van der Waals surface area contributed by atoms with Crippen LogP contribution in [-0.2, 0) is 6.54 Å². The first-order chi connectivity index (χ1) is 9.04. The second kappa shape index (κ2) is 5.76. The molecule has 0 aliphatic heterocycles. The third-order valence-electron chi connectivity index (χ3n) is 2.76. The highest BCUT2D eigenvalue weighted by atomic mass is 35.5. The lowest BCUT2D eigenvalue weighted by molar-refractivity contribution is 0.0951. The van der Waals surface area contributed by atoms with Crippen molar-refractivity contribution in [2.75, 3.05) is 5.73 Å². The fourth-order valence-corrected chi connectivity index (χ4v) is 1.98. The van der Waals surface area contributed by atoms with Crippen LogP contribution in [0.15, 0.2) is 42.5 Å². The second-order valence-electron chi connectivity index (χ2n) is 4.44. The minimum Gasteiger partial charge on any atom is -0.399 e. The van der Waals surface area contributed by atoms with Gasteiger partial charge in [-0.05, 0) is 30.7 Å². The zero-order valence-corrected chi connectivity index (χ0v) is 11.4. The van der Waals surface area contributed by atoms with Gasteiger partial charge in [0.2, 0.25) is 0 Å². The van der Waals surface area contributed by atoms with Gasteiger partial charge in [-0.2, -0.15) is 0 Å². The molecule has 4 heteroatoms. The molecule has 0 saturated carbocycles. The van der Waals surface area contributed by atoms with Crippen LogP contribution in [0.4, 0.5) is 5.69 Å². The molecule has 0 spiro atoms. The fraction of sp³-hybridized carbons (Fsp3) is 0.133. The standard InChI is InChI=1S/C15H15ClN2O/c1-10-2-4-11(5-3-10)9-18-15(19)12-6-13(16)8-14(17)7-12/h2-8H,9,17H2,1H3,(H,18,19).